The van der Waals surface area contributed by atoms with Gasteiger partial charge in [0, 0.05) is 64.4 Å². The van der Waals surface area contributed by atoms with E-state index in [1.54, 1.807) is 12.0 Å². The van der Waals surface area contributed by atoms with E-state index in [0.29, 0.717) is 26.2 Å². The Labute approximate surface area is 213 Å². The van der Waals surface area contributed by atoms with Crippen LogP contribution in [0.15, 0.2) is 24.3 Å². The minimum absolute atomic E-state index is 0.0745. The zero-order valence-corrected chi connectivity index (χ0v) is 21.4. The number of hydrogen-bond donors (Lipinski definition) is 2. The fourth-order valence-corrected chi connectivity index (χ4v) is 6.22. The second-order valence-corrected chi connectivity index (χ2v) is 10.7. The molecule has 3 heterocycles. The van der Waals surface area contributed by atoms with Crippen molar-refractivity contribution in [2.45, 2.75) is 69.5 Å². The number of nitrogens with one attached hydrogen (secondary N) is 1. The molecule has 3 atom stereocenters. The number of likely N-dealkylation sites (tertiary alicyclic amines) is 2. The maximum Gasteiger partial charge on any atom is 0.317 e. The fourth-order valence-electron chi connectivity index (χ4n) is 6.22. The molecule has 0 unspecified atom stereocenters. The number of methoxy groups -OCH3 is 1. The summed E-state index contributed by atoms with van der Waals surface area (Å²) in [5.74, 6) is 0.958. The quantitative estimate of drug-likeness (QED) is 0.574. The van der Waals surface area contributed by atoms with Crippen molar-refractivity contribution in [2.75, 3.05) is 39.9 Å². The molecule has 1 aromatic heterocycles. The van der Waals surface area contributed by atoms with Gasteiger partial charge in [-0.25, -0.2) is 9.78 Å². The van der Waals surface area contributed by atoms with Gasteiger partial charge in [-0.3, -0.25) is 4.79 Å². The number of amides is 3. The molecular formula is C27H40N6O3. The first-order valence-electron chi connectivity index (χ1n) is 13.6. The smallest absolute Gasteiger partial charge is 0.317 e. The predicted octanol–water partition coefficient (Wildman–Crippen LogP) is 2.69. The van der Waals surface area contributed by atoms with Crippen LogP contribution in [0.1, 0.15) is 56.7 Å². The van der Waals surface area contributed by atoms with Crippen molar-refractivity contribution in [3.8, 4) is 0 Å². The molecule has 196 valence electrons. The Morgan fingerprint density at radius 2 is 1.89 bits per heavy atom. The number of nitrogens with zero attached hydrogens (tertiary/aromatic N) is 4. The second kappa shape index (κ2) is 11.2. The number of nitrogens with two attached hydrogens (primary N) is 1. The van der Waals surface area contributed by atoms with Crippen LogP contribution in [0, 0.1) is 5.92 Å². The molecule has 3 amide bonds. The van der Waals surface area contributed by atoms with Gasteiger partial charge in [-0.05, 0) is 44.2 Å². The lowest BCUT2D eigenvalue weighted by Crippen LogP contribution is -2.47. The van der Waals surface area contributed by atoms with Crippen LogP contribution >= 0.6 is 0 Å². The molecule has 0 bridgehead atoms. The topological polar surface area (TPSA) is 106 Å². The summed E-state index contributed by atoms with van der Waals surface area (Å²) in [6.07, 6.45) is 7.27. The van der Waals surface area contributed by atoms with Crippen LogP contribution < -0.4 is 11.1 Å². The van der Waals surface area contributed by atoms with Gasteiger partial charge in [0.05, 0.1) is 17.0 Å². The molecule has 36 heavy (non-hydrogen) atoms. The molecule has 3 fully saturated rings. The molecule has 0 radical (unpaired) electrons. The third-order valence-electron chi connectivity index (χ3n) is 8.16. The van der Waals surface area contributed by atoms with Gasteiger partial charge in [-0.15, -0.1) is 0 Å². The summed E-state index contributed by atoms with van der Waals surface area (Å²) in [4.78, 5) is 35.1. The molecule has 2 aromatic rings. The number of urea groups is 1. The number of para-hydroxylation sites is 2. The Hall–Kier alpha value is -2.65. The maximum atomic E-state index is 13.6. The van der Waals surface area contributed by atoms with Gasteiger partial charge in [0.2, 0.25) is 5.91 Å². The van der Waals surface area contributed by atoms with E-state index in [1.165, 1.54) is 12.8 Å². The zero-order chi connectivity index (χ0) is 25.1. The summed E-state index contributed by atoms with van der Waals surface area (Å²) in [5.41, 5.74) is 8.54. The Morgan fingerprint density at radius 3 is 2.69 bits per heavy atom. The number of carbonyl (C=O) groups excluding carboxylic acids is 2. The predicted molar refractivity (Wildman–Crippen MR) is 139 cm³/mol. The van der Waals surface area contributed by atoms with Crippen molar-refractivity contribution in [1.82, 2.24) is 24.7 Å². The molecular weight excluding hydrogens is 456 g/mol. The van der Waals surface area contributed by atoms with E-state index in [1.807, 2.05) is 17.0 Å². The minimum atomic E-state index is -0.349. The largest absolute Gasteiger partial charge is 0.385 e. The van der Waals surface area contributed by atoms with Crippen LogP contribution in [-0.4, -0.2) is 83.3 Å². The molecule has 1 saturated carbocycles. The first-order valence-corrected chi connectivity index (χ1v) is 13.6. The molecule has 2 aliphatic heterocycles. The normalized spacial score (nSPS) is 25.1. The van der Waals surface area contributed by atoms with Gasteiger partial charge in [0.25, 0.3) is 0 Å². The average molecular weight is 497 g/mol. The monoisotopic (exact) mass is 496 g/mol. The minimum Gasteiger partial charge on any atom is -0.385 e. The van der Waals surface area contributed by atoms with Gasteiger partial charge in [0.1, 0.15) is 5.82 Å². The van der Waals surface area contributed by atoms with Crippen molar-refractivity contribution in [1.29, 1.82) is 0 Å². The maximum absolute atomic E-state index is 13.6. The van der Waals surface area contributed by atoms with E-state index in [4.69, 9.17) is 15.5 Å². The van der Waals surface area contributed by atoms with Crippen LogP contribution in [-0.2, 0) is 16.1 Å². The van der Waals surface area contributed by atoms with E-state index in [2.05, 4.69) is 22.0 Å². The highest BCUT2D eigenvalue weighted by atomic mass is 16.5. The third kappa shape index (κ3) is 5.22. The summed E-state index contributed by atoms with van der Waals surface area (Å²) < 4.78 is 7.59. The molecule has 9 nitrogen and oxygen atoms in total. The summed E-state index contributed by atoms with van der Waals surface area (Å²) >= 11 is 0. The number of imidazole rings is 1. The number of aryl methyl sites for hydroxylation is 1. The van der Waals surface area contributed by atoms with Gasteiger partial charge < -0.3 is 30.2 Å². The van der Waals surface area contributed by atoms with Gasteiger partial charge in [0.15, 0.2) is 0 Å². The van der Waals surface area contributed by atoms with E-state index in [0.717, 1.165) is 62.1 Å². The highest BCUT2D eigenvalue weighted by Gasteiger charge is 2.41. The Balaban J connectivity index is 1.26. The van der Waals surface area contributed by atoms with E-state index >= 15 is 0 Å². The number of piperidine rings is 1. The van der Waals surface area contributed by atoms with Gasteiger partial charge >= 0.3 is 6.03 Å². The lowest BCUT2D eigenvalue weighted by Gasteiger charge is -2.35. The SMILES string of the molecule is COCCCn1c([C@@H]2CCCN(C(=O)[C@@H]3CN(C(=O)NC4CCCC4)C[C@H]3N)C2)nc2ccccc21. The van der Waals surface area contributed by atoms with E-state index < -0.39 is 0 Å². The number of ether oxygens (including phenoxy) is 1. The summed E-state index contributed by atoms with van der Waals surface area (Å²) in [6, 6.07) is 8.10. The molecule has 3 aliphatic rings. The highest BCUT2D eigenvalue weighted by molar-refractivity contribution is 5.83. The van der Waals surface area contributed by atoms with Crippen LogP contribution in [0.4, 0.5) is 4.79 Å². The van der Waals surface area contributed by atoms with Crippen LogP contribution in [0.25, 0.3) is 11.0 Å². The molecule has 0 spiro atoms. The number of benzene rings is 1. The molecule has 2 saturated heterocycles. The van der Waals surface area contributed by atoms with E-state index in [-0.39, 0.29) is 35.9 Å². The van der Waals surface area contributed by atoms with Crippen molar-refractivity contribution in [3.63, 3.8) is 0 Å². The molecule has 3 N–H and O–H groups in total. The Morgan fingerprint density at radius 1 is 1.08 bits per heavy atom. The van der Waals surface area contributed by atoms with Gasteiger partial charge in [-0.1, -0.05) is 25.0 Å². The number of fused-ring (bicyclic) bond motifs is 1. The first-order chi connectivity index (χ1) is 17.5. The van der Waals surface area contributed by atoms with Crippen LogP contribution in [0.5, 0.6) is 0 Å². The standard InChI is InChI=1S/C27H40N6O3/c1-36-15-7-14-33-24-12-5-4-11-23(24)30-25(33)19-8-6-13-31(16-19)26(34)21-17-32(18-22(21)28)27(35)29-20-9-2-3-10-20/h4-5,11-12,19-22H,2-3,6-10,13-18,28H2,1H3,(H,29,35)/t19-,21-,22-/m1/s1. The molecule has 5 rings (SSSR count). The Kier molecular flexibility index (Phi) is 7.76. The van der Waals surface area contributed by atoms with Crippen molar-refractivity contribution < 1.29 is 14.3 Å². The lowest BCUT2D eigenvalue weighted by atomic mass is 9.94. The average Bonchev–Trinajstić information content (AvgIpc) is 3.63. The second-order valence-electron chi connectivity index (χ2n) is 10.7. The Bertz CT molecular complexity index is 1060. The third-order valence-corrected chi connectivity index (χ3v) is 8.16. The molecule has 9 heteroatoms. The summed E-state index contributed by atoms with van der Waals surface area (Å²) in [5, 5.41) is 3.14. The summed E-state index contributed by atoms with van der Waals surface area (Å²) in [6.45, 7) is 3.75. The molecule has 1 aromatic carbocycles. The molecule has 1 aliphatic carbocycles. The summed E-state index contributed by atoms with van der Waals surface area (Å²) in [7, 11) is 1.73. The lowest BCUT2D eigenvalue weighted by molar-refractivity contribution is -0.136. The van der Waals surface area contributed by atoms with E-state index in [9.17, 15) is 9.59 Å². The highest BCUT2D eigenvalue weighted by Crippen LogP contribution is 2.31. The van der Waals surface area contributed by atoms with Crippen molar-refractivity contribution >= 4 is 23.0 Å². The van der Waals surface area contributed by atoms with Crippen molar-refractivity contribution in [3.05, 3.63) is 30.1 Å². The number of aromatic nitrogens is 2. The number of carbonyl (C=O) groups is 2. The fraction of sp³-hybridized carbons (Fsp3) is 0.667. The van der Waals surface area contributed by atoms with Crippen molar-refractivity contribution in [2.24, 2.45) is 11.7 Å². The van der Waals surface area contributed by atoms with Crippen LogP contribution in [0.3, 0.4) is 0 Å². The van der Waals surface area contributed by atoms with Gasteiger partial charge in [-0.2, -0.15) is 0 Å². The van der Waals surface area contributed by atoms with Crippen LogP contribution in [0.2, 0.25) is 0 Å². The zero-order valence-electron chi connectivity index (χ0n) is 21.4. The number of rotatable bonds is 7. The number of hydrogen-bond acceptors (Lipinski definition) is 5. The first kappa shape index (κ1) is 25.0.